The van der Waals surface area contributed by atoms with Crippen LogP contribution in [0.1, 0.15) is 27.7 Å². The molecule has 1 aromatic carbocycles. The SMILES string of the molecule is CC(C)CNCC(C)(C)CN(C)c1ccc(F)cc1. The third-order valence-electron chi connectivity index (χ3n) is 3.09. The Kier molecular flexibility index (Phi) is 5.80. The lowest BCUT2D eigenvalue weighted by molar-refractivity contribution is 0.338. The molecule has 0 heterocycles. The monoisotopic (exact) mass is 266 g/mol. The van der Waals surface area contributed by atoms with E-state index in [1.54, 1.807) is 0 Å². The van der Waals surface area contributed by atoms with Crippen LogP contribution in [0.4, 0.5) is 10.1 Å². The molecular formula is C16H27FN2. The number of halogens is 1. The molecule has 0 aliphatic rings. The first-order valence-electron chi connectivity index (χ1n) is 6.97. The Hall–Kier alpha value is -1.09. The highest BCUT2D eigenvalue weighted by Crippen LogP contribution is 2.20. The van der Waals surface area contributed by atoms with Gasteiger partial charge < -0.3 is 10.2 Å². The quantitative estimate of drug-likeness (QED) is 0.812. The van der Waals surface area contributed by atoms with E-state index in [2.05, 4.69) is 45.0 Å². The van der Waals surface area contributed by atoms with Crippen LogP contribution in [0.5, 0.6) is 0 Å². The summed E-state index contributed by atoms with van der Waals surface area (Å²) in [5, 5.41) is 3.50. The standard InChI is InChI=1S/C16H27FN2/c1-13(2)10-18-11-16(3,4)12-19(5)15-8-6-14(17)7-9-15/h6-9,13,18H,10-12H2,1-5H3. The molecule has 0 radical (unpaired) electrons. The van der Waals surface area contributed by atoms with Crippen LogP contribution in [0.15, 0.2) is 24.3 Å². The van der Waals surface area contributed by atoms with E-state index in [0.717, 1.165) is 25.3 Å². The first kappa shape index (κ1) is 16.0. The average Bonchev–Trinajstić information content (AvgIpc) is 2.28. The fourth-order valence-electron chi connectivity index (χ4n) is 2.18. The van der Waals surface area contributed by atoms with Crippen LogP contribution in [-0.2, 0) is 0 Å². The number of rotatable bonds is 7. The summed E-state index contributed by atoms with van der Waals surface area (Å²) in [6.45, 7) is 11.9. The number of nitrogens with one attached hydrogen (secondary N) is 1. The topological polar surface area (TPSA) is 15.3 Å². The highest BCUT2D eigenvalue weighted by Gasteiger charge is 2.20. The van der Waals surface area contributed by atoms with E-state index in [4.69, 9.17) is 0 Å². The van der Waals surface area contributed by atoms with Crippen LogP contribution in [0.3, 0.4) is 0 Å². The van der Waals surface area contributed by atoms with Crippen LogP contribution in [0.25, 0.3) is 0 Å². The van der Waals surface area contributed by atoms with Gasteiger partial charge in [-0.15, -0.1) is 0 Å². The summed E-state index contributed by atoms with van der Waals surface area (Å²) in [6, 6.07) is 6.67. The maximum atomic E-state index is 12.9. The first-order chi connectivity index (χ1) is 8.80. The largest absolute Gasteiger partial charge is 0.374 e. The van der Waals surface area contributed by atoms with Crippen molar-refractivity contribution in [2.45, 2.75) is 27.7 Å². The Bertz CT molecular complexity index is 371. The second-order valence-electron chi connectivity index (χ2n) is 6.52. The molecule has 0 amide bonds. The summed E-state index contributed by atoms with van der Waals surface area (Å²) in [5.74, 6) is 0.487. The van der Waals surface area contributed by atoms with E-state index >= 15 is 0 Å². The Morgan fingerprint density at radius 2 is 1.79 bits per heavy atom. The molecule has 0 aliphatic carbocycles. The zero-order chi connectivity index (χ0) is 14.5. The number of hydrogen-bond donors (Lipinski definition) is 1. The molecule has 2 nitrogen and oxygen atoms in total. The molecule has 0 saturated carbocycles. The molecule has 108 valence electrons. The Morgan fingerprint density at radius 3 is 2.32 bits per heavy atom. The predicted octanol–water partition coefficient (Wildman–Crippen LogP) is 3.53. The van der Waals surface area contributed by atoms with Gasteiger partial charge in [0.25, 0.3) is 0 Å². The molecule has 0 fully saturated rings. The minimum atomic E-state index is -0.185. The van der Waals surface area contributed by atoms with Gasteiger partial charge in [-0.25, -0.2) is 4.39 Å². The highest BCUT2D eigenvalue weighted by atomic mass is 19.1. The molecule has 0 aliphatic heterocycles. The van der Waals surface area contributed by atoms with Gasteiger partial charge in [0.15, 0.2) is 0 Å². The fraction of sp³-hybridized carbons (Fsp3) is 0.625. The van der Waals surface area contributed by atoms with E-state index in [9.17, 15) is 4.39 Å². The van der Waals surface area contributed by atoms with E-state index < -0.39 is 0 Å². The van der Waals surface area contributed by atoms with Crippen molar-refractivity contribution in [1.82, 2.24) is 5.32 Å². The number of benzene rings is 1. The molecule has 0 spiro atoms. The zero-order valence-electron chi connectivity index (χ0n) is 12.8. The molecule has 0 saturated heterocycles. The van der Waals surface area contributed by atoms with Gasteiger partial charge in [-0.1, -0.05) is 27.7 Å². The van der Waals surface area contributed by atoms with E-state index in [1.807, 2.05) is 12.1 Å². The van der Waals surface area contributed by atoms with Crippen molar-refractivity contribution >= 4 is 5.69 Å². The smallest absolute Gasteiger partial charge is 0.123 e. The van der Waals surface area contributed by atoms with Gasteiger partial charge >= 0.3 is 0 Å². The maximum absolute atomic E-state index is 12.9. The van der Waals surface area contributed by atoms with Gasteiger partial charge in [-0.3, -0.25) is 0 Å². The number of hydrogen-bond acceptors (Lipinski definition) is 2. The van der Waals surface area contributed by atoms with Crippen LogP contribution in [0.2, 0.25) is 0 Å². The highest BCUT2D eigenvalue weighted by molar-refractivity contribution is 5.45. The van der Waals surface area contributed by atoms with Crippen LogP contribution < -0.4 is 10.2 Å². The molecule has 0 atom stereocenters. The molecule has 0 aromatic heterocycles. The Morgan fingerprint density at radius 1 is 1.21 bits per heavy atom. The number of nitrogens with zero attached hydrogens (tertiary/aromatic N) is 1. The zero-order valence-corrected chi connectivity index (χ0v) is 12.8. The lowest BCUT2D eigenvalue weighted by Crippen LogP contribution is -2.40. The van der Waals surface area contributed by atoms with Crippen molar-refractivity contribution in [3.05, 3.63) is 30.1 Å². The van der Waals surface area contributed by atoms with Crippen molar-refractivity contribution in [1.29, 1.82) is 0 Å². The average molecular weight is 266 g/mol. The van der Waals surface area contributed by atoms with Crippen molar-refractivity contribution in [3.8, 4) is 0 Å². The second-order valence-corrected chi connectivity index (χ2v) is 6.52. The van der Waals surface area contributed by atoms with Crippen LogP contribution in [-0.4, -0.2) is 26.7 Å². The van der Waals surface area contributed by atoms with Crippen molar-refractivity contribution < 1.29 is 4.39 Å². The molecule has 1 aromatic rings. The van der Waals surface area contributed by atoms with Crippen LogP contribution >= 0.6 is 0 Å². The van der Waals surface area contributed by atoms with Gasteiger partial charge in [-0.05, 0) is 42.1 Å². The molecule has 3 heteroatoms. The maximum Gasteiger partial charge on any atom is 0.123 e. The number of anilines is 1. The Labute approximate surface area is 117 Å². The lowest BCUT2D eigenvalue weighted by atomic mass is 9.92. The summed E-state index contributed by atoms with van der Waals surface area (Å²) in [6.07, 6.45) is 0. The third-order valence-corrected chi connectivity index (χ3v) is 3.09. The molecule has 0 bridgehead atoms. The minimum absolute atomic E-state index is 0.179. The van der Waals surface area contributed by atoms with Crippen molar-refractivity contribution in [2.24, 2.45) is 11.3 Å². The first-order valence-corrected chi connectivity index (χ1v) is 6.97. The molecular weight excluding hydrogens is 239 g/mol. The molecule has 0 unspecified atom stereocenters. The molecule has 1 N–H and O–H groups in total. The summed E-state index contributed by atoms with van der Waals surface area (Å²) >= 11 is 0. The van der Waals surface area contributed by atoms with E-state index in [-0.39, 0.29) is 11.2 Å². The fourth-order valence-corrected chi connectivity index (χ4v) is 2.18. The van der Waals surface area contributed by atoms with E-state index in [0.29, 0.717) is 5.92 Å². The molecule has 19 heavy (non-hydrogen) atoms. The van der Waals surface area contributed by atoms with Gasteiger partial charge in [-0.2, -0.15) is 0 Å². The summed E-state index contributed by atoms with van der Waals surface area (Å²) in [4.78, 5) is 2.18. The van der Waals surface area contributed by atoms with Crippen LogP contribution in [0, 0.1) is 17.2 Å². The summed E-state index contributed by atoms with van der Waals surface area (Å²) in [5.41, 5.74) is 1.23. The van der Waals surface area contributed by atoms with Crippen molar-refractivity contribution in [3.63, 3.8) is 0 Å². The lowest BCUT2D eigenvalue weighted by Gasteiger charge is -2.32. The minimum Gasteiger partial charge on any atom is -0.374 e. The third kappa shape index (κ3) is 6.06. The molecule has 1 rings (SSSR count). The van der Waals surface area contributed by atoms with Gasteiger partial charge in [0, 0.05) is 25.8 Å². The van der Waals surface area contributed by atoms with E-state index in [1.165, 1.54) is 12.1 Å². The van der Waals surface area contributed by atoms with Gasteiger partial charge in [0.05, 0.1) is 0 Å². The summed E-state index contributed by atoms with van der Waals surface area (Å²) in [7, 11) is 2.05. The van der Waals surface area contributed by atoms with Gasteiger partial charge in [0.1, 0.15) is 5.82 Å². The predicted molar refractivity (Wildman–Crippen MR) is 81.2 cm³/mol. The normalized spacial score (nSPS) is 11.9. The Balaban J connectivity index is 2.49. The van der Waals surface area contributed by atoms with Gasteiger partial charge in [0.2, 0.25) is 0 Å². The second kappa shape index (κ2) is 6.90. The van der Waals surface area contributed by atoms with Crippen molar-refractivity contribution in [2.75, 3.05) is 31.6 Å². The summed E-state index contributed by atoms with van der Waals surface area (Å²) < 4.78 is 12.9.